The highest BCUT2D eigenvalue weighted by atomic mass is 32.2. The molecule has 0 bridgehead atoms. The zero-order valence-corrected chi connectivity index (χ0v) is 15.3. The molecule has 0 fully saturated rings. The molecule has 118 valence electrons. The zero-order chi connectivity index (χ0) is 15.7. The summed E-state index contributed by atoms with van der Waals surface area (Å²) in [7, 11) is 0. The first-order valence-electron chi connectivity index (χ1n) is 8.16. The summed E-state index contributed by atoms with van der Waals surface area (Å²) in [6, 6.07) is 7.09. The minimum atomic E-state index is 0.299. The fourth-order valence-electron chi connectivity index (χ4n) is 3.20. The lowest BCUT2D eigenvalue weighted by Gasteiger charge is -2.42. The van der Waals surface area contributed by atoms with Crippen molar-refractivity contribution in [2.24, 2.45) is 0 Å². The average molecular weight is 307 g/mol. The molecular formula is C19H30OS. The lowest BCUT2D eigenvalue weighted by molar-refractivity contribution is 0.0932. The van der Waals surface area contributed by atoms with Crippen molar-refractivity contribution in [3.63, 3.8) is 0 Å². The maximum absolute atomic E-state index is 5.63. The number of hydrogen-bond donors (Lipinski definition) is 0. The Bertz CT molecular complexity index is 490. The van der Waals surface area contributed by atoms with Gasteiger partial charge >= 0.3 is 0 Å². The van der Waals surface area contributed by atoms with Gasteiger partial charge in [-0.15, -0.1) is 11.8 Å². The van der Waals surface area contributed by atoms with E-state index in [2.05, 4.69) is 59.7 Å². The highest BCUT2D eigenvalue weighted by Gasteiger charge is 2.36. The van der Waals surface area contributed by atoms with Crippen LogP contribution in [-0.2, 0) is 15.6 Å². The molecule has 0 radical (unpaired) electrons. The van der Waals surface area contributed by atoms with E-state index >= 15 is 0 Å². The highest BCUT2D eigenvalue weighted by molar-refractivity contribution is 7.99. The fraction of sp³-hybridized carbons (Fsp3) is 0.684. The molecule has 21 heavy (non-hydrogen) atoms. The monoisotopic (exact) mass is 306 g/mol. The van der Waals surface area contributed by atoms with E-state index in [1.165, 1.54) is 17.7 Å². The van der Waals surface area contributed by atoms with E-state index in [9.17, 15) is 0 Å². The molecule has 1 aromatic carbocycles. The van der Waals surface area contributed by atoms with Gasteiger partial charge in [0.2, 0.25) is 0 Å². The second kappa shape index (κ2) is 6.34. The highest BCUT2D eigenvalue weighted by Crippen LogP contribution is 2.46. The maximum atomic E-state index is 5.63. The van der Waals surface area contributed by atoms with Gasteiger partial charge in [-0.2, -0.15) is 0 Å². The summed E-state index contributed by atoms with van der Waals surface area (Å²) in [5.41, 5.74) is 3.70. The Balaban J connectivity index is 2.21. The maximum Gasteiger partial charge on any atom is 0.0640 e. The van der Waals surface area contributed by atoms with Crippen LogP contribution in [0.4, 0.5) is 0 Å². The van der Waals surface area contributed by atoms with Gasteiger partial charge in [-0.05, 0) is 60.8 Å². The molecule has 0 saturated carbocycles. The van der Waals surface area contributed by atoms with Crippen LogP contribution >= 0.6 is 11.8 Å². The SMILES string of the molecule is CCOC(C)CSc1ccc2c(c1)C(C)(C)CCC2(C)C. The van der Waals surface area contributed by atoms with Gasteiger partial charge in [0.15, 0.2) is 0 Å². The molecule has 0 aliphatic heterocycles. The largest absolute Gasteiger partial charge is 0.378 e. The molecule has 1 aliphatic carbocycles. The molecule has 0 N–H and O–H groups in total. The molecule has 0 spiro atoms. The average Bonchev–Trinajstić information content (AvgIpc) is 2.42. The Morgan fingerprint density at radius 2 is 1.71 bits per heavy atom. The molecule has 1 atom stereocenters. The number of rotatable bonds is 5. The minimum absolute atomic E-state index is 0.299. The molecule has 1 unspecified atom stereocenters. The number of benzene rings is 1. The second-order valence-electron chi connectivity index (χ2n) is 7.55. The zero-order valence-electron chi connectivity index (χ0n) is 14.5. The van der Waals surface area contributed by atoms with Crippen molar-refractivity contribution in [1.29, 1.82) is 0 Å². The summed E-state index contributed by atoms with van der Waals surface area (Å²) in [5.74, 6) is 1.02. The van der Waals surface area contributed by atoms with Crippen molar-refractivity contribution in [2.45, 2.75) is 76.2 Å². The summed E-state index contributed by atoms with van der Waals surface area (Å²) < 4.78 is 5.63. The molecule has 1 nitrogen and oxygen atoms in total. The molecule has 1 aromatic rings. The van der Waals surface area contributed by atoms with Crippen LogP contribution in [-0.4, -0.2) is 18.5 Å². The Labute approximate surface area is 134 Å². The standard InChI is InChI=1S/C19H30OS/c1-7-20-14(2)13-21-15-8-9-16-17(12-15)19(5,6)11-10-18(16,3)4/h8-9,12,14H,7,10-11,13H2,1-6H3. The van der Waals surface area contributed by atoms with E-state index < -0.39 is 0 Å². The van der Waals surface area contributed by atoms with Crippen LogP contribution in [0.3, 0.4) is 0 Å². The third kappa shape index (κ3) is 3.84. The summed E-state index contributed by atoms with van der Waals surface area (Å²) in [6.07, 6.45) is 2.87. The molecule has 0 aromatic heterocycles. The summed E-state index contributed by atoms with van der Waals surface area (Å²) in [6.45, 7) is 14.5. The molecule has 0 saturated heterocycles. The van der Waals surface area contributed by atoms with Gasteiger partial charge in [0.1, 0.15) is 0 Å². The van der Waals surface area contributed by atoms with Gasteiger partial charge in [-0.3, -0.25) is 0 Å². The molecule has 0 amide bonds. The van der Waals surface area contributed by atoms with E-state index in [4.69, 9.17) is 4.74 Å². The Morgan fingerprint density at radius 3 is 2.33 bits per heavy atom. The molecule has 1 aliphatic rings. The molecule has 0 heterocycles. The van der Waals surface area contributed by atoms with Gasteiger partial charge in [0.25, 0.3) is 0 Å². The third-order valence-corrected chi connectivity index (χ3v) is 5.98. The van der Waals surface area contributed by atoms with Gasteiger partial charge in [0, 0.05) is 17.3 Å². The third-order valence-electron chi connectivity index (χ3n) is 4.76. The van der Waals surface area contributed by atoms with Crippen molar-refractivity contribution in [2.75, 3.05) is 12.4 Å². The lowest BCUT2D eigenvalue weighted by Crippen LogP contribution is -2.33. The molecule has 2 heteroatoms. The number of ether oxygens (including phenoxy) is 1. The first kappa shape index (κ1) is 16.9. The second-order valence-corrected chi connectivity index (χ2v) is 8.65. The van der Waals surface area contributed by atoms with Crippen LogP contribution in [0, 0.1) is 0 Å². The Kier molecular flexibility index (Phi) is 5.10. The minimum Gasteiger partial charge on any atom is -0.378 e. The topological polar surface area (TPSA) is 9.23 Å². The number of hydrogen-bond acceptors (Lipinski definition) is 2. The van der Waals surface area contributed by atoms with Crippen molar-refractivity contribution >= 4 is 11.8 Å². The van der Waals surface area contributed by atoms with Crippen LogP contribution in [0.25, 0.3) is 0 Å². The fourth-order valence-corrected chi connectivity index (χ4v) is 4.09. The Morgan fingerprint density at radius 1 is 1.10 bits per heavy atom. The predicted molar refractivity (Wildman–Crippen MR) is 93.5 cm³/mol. The van der Waals surface area contributed by atoms with Crippen molar-refractivity contribution < 1.29 is 4.74 Å². The van der Waals surface area contributed by atoms with E-state index in [-0.39, 0.29) is 0 Å². The Hall–Kier alpha value is -0.470. The van der Waals surface area contributed by atoms with E-state index in [0.29, 0.717) is 16.9 Å². The van der Waals surface area contributed by atoms with Gasteiger partial charge in [-0.1, -0.05) is 33.8 Å². The first-order chi connectivity index (χ1) is 9.76. The van der Waals surface area contributed by atoms with Crippen molar-refractivity contribution in [3.8, 4) is 0 Å². The molecule has 2 rings (SSSR count). The number of fused-ring (bicyclic) bond motifs is 1. The van der Waals surface area contributed by atoms with Crippen LogP contribution in [0.2, 0.25) is 0 Å². The summed E-state index contributed by atoms with van der Waals surface area (Å²) >= 11 is 1.92. The molecular weight excluding hydrogens is 276 g/mol. The van der Waals surface area contributed by atoms with Gasteiger partial charge in [-0.25, -0.2) is 0 Å². The summed E-state index contributed by atoms with van der Waals surface area (Å²) in [4.78, 5) is 1.38. The first-order valence-corrected chi connectivity index (χ1v) is 9.14. The van der Waals surface area contributed by atoms with Crippen LogP contribution < -0.4 is 0 Å². The van der Waals surface area contributed by atoms with Gasteiger partial charge < -0.3 is 4.74 Å². The van der Waals surface area contributed by atoms with Crippen molar-refractivity contribution in [3.05, 3.63) is 29.3 Å². The van der Waals surface area contributed by atoms with E-state index in [1.54, 1.807) is 11.1 Å². The summed E-state index contributed by atoms with van der Waals surface area (Å²) in [5, 5.41) is 0. The van der Waals surface area contributed by atoms with Crippen molar-refractivity contribution in [1.82, 2.24) is 0 Å². The lowest BCUT2D eigenvalue weighted by atomic mass is 9.63. The van der Waals surface area contributed by atoms with Crippen LogP contribution in [0.15, 0.2) is 23.1 Å². The predicted octanol–water partition coefficient (Wildman–Crippen LogP) is 5.55. The van der Waals surface area contributed by atoms with E-state index in [1.807, 2.05) is 11.8 Å². The smallest absolute Gasteiger partial charge is 0.0640 e. The number of thioether (sulfide) groups is 1. The van der Waals surface area contributed by atoms with E-state index in [0.717, 1.165) is 12.4 Å². The normalized spacial score (nSPS) is 20.9. The quantitative estimate of drug-likeness (QED) is 0.659. The van der Waals surface area contributed by atoms with Gasteiger partial charge in [0.05, 0.1) is 6.10 Å². The van der Waals surface area contributed by atoms with Crippen LogP contribution in [0.1, 0.15) is 65.5 Å². The van der Waals surface area contributed by atoms with Crippen LogP contribution in [0.5, 0.6) is 0 Å².